The Bertz CT molecular complexity index is 545. The molecule has 2 rings (SSSR count). The molecular weight excluding hydrogens is 287 g/mol. The Morgan fingerprint density at radius 2 is 2.00 bits per heavy atom. The highest BCUT2D eigenvalue weighted by atomic mass is 19.4. The Balaban J connectivity index is 2.20. The van der Waals surface area contributed by atoms with Crippen LogP contribution in [0, 0.1) is 6.92 Å². The maximum absolute atomic E-state index is 12.2. The topological polar surface area (TPSA) is 38.8 Å². The van der Waals surface area contributed by atoms with Crippen molar-refractivity contribution in [3.05, 3.63) is 29.3 Å². The highest BCUT2D eigenvalue weighted by molar-refractivity contribution is 5.70. The van der Waals surface area contributed by atoms with Crippen molar-refractivity contribution < 1.29 is 27.4 Å². The van der Waals surface area contributed by atoms with Crippen LogP contribution in [0.3, 0.4) is 0 Å². The van der Waals surface area contributed by atoms with Gasteiger partial charge in [0.2, 0.25) is 0 Å². The molecule has 1 heterocycles. The molecule has 1 aromatic rings. The highest BCUT2D eigenvalue weighted by Gasteiger charge is 2.36. The predicted octanol–water partition coefficient (Wildman–Crippen LogP) is 3.62. The standard InChI is InChI=1S/C14H16F3NO3/c1-8-4-5-12(21-14(15,16)17)6-11(8)7-18-9(2)10(3)20-13(18)19/h4-6,9-10H,7H2,1-3H3/t9-,10+/m0/s1. The second kappa shape index (κ2) is 5.46. The van der Waals surface area contributed by atoms with Crippen molar-refractivity contribution in [1.82, 2.24) is 4.90 Å². The van der Waals surface area contributed by atoms with Gasteiger partial charge in [0.25, 0.3) is 0 Å². The lowest BCUT2D eigenvalue weighted by atomic mass is 10.1. The number of cyclic esters (lactones) is 1. The van der Waals surface area contributed by atoms with Crippen LogP contribution in [-0.2, 0) is 11.3 Å². The number of hydrogen-bond acceptors (Lipinski definition) is 3. The van der Waals surface area contributed by atoms with Crippen LogP contribution in [0.5, 0.6) is 5.75 Å². The second-order valence-corrected chi connectivity index (χ2v) is 5.09. The number of amides is 1. The molecule has 0 radical (unpaired) electrons. The van der Waals surface area contributed by atoms with E-state index >= 15 is 0 Å². The maximum Gasteiger partial charge on any atom is 0.573 e. The van der Waals surface area contributed by atoms with E-state index in [4.69, 9.17) is 4.74 Å². The molecule has 1 saturated heterocycles. The van der Waals surface area contributed by atoms with Crippen molar-refractivity contribution in [3.8, 4) is 5.75 Å². The Kier molecular flexibility index (Phi) is 4.02. The summed E-state index contributed by atoms with van der Waals surface area (Å²) in [6.45, 7) is 5.56. The Hall–Kier alpha value is -1.92. The number of aryl methyl sites for hydroxylation is 1. The van der Waals surface area contributed by atoms with E-state index in [2.05, 4.69) is 4.74 Å². The van der Waals surface area contributed by atoms with E-state index in [-0.39, 0.29) is 24.4 Å². The van der Waals surface area contributed by atoms with Gasteiger partial charge in [-0.05, 0) is 44.0 Å². The molecule has 0 aromatic heterocycles. The summed E-state index contributed by atoms with van der Waals surface area (Å²) in [4.78, 5) is 13.2. The molecule has 0 bridgehead atoms. The van der Waals surface area contributed by atoms with Crippen LogP contribution in [0.15, 0.2) is 18.2 Å². The van der Waals surface area contributed by atoms with Gasteiger partial charge in [0.1, 0.15) is 11.9 Å². The fourth-order valence-corrected chi connectivity index (χ4v) is 2.15. The number of hydrogen-bond donors (Lipinski definition) is 0. The number of carbonyl (C=O) groups is 1. The van der Waals surface area contributed by atoms with Gasteiger partial charge in [-0.25, -0.2) is 4.79 Å². The van der Waals surface area contributed by atoms with Crippen LogP contribution in [0.25, 0.3) is 0 Å². The molecule has 4 nitrogen and oxygen atoms in total. The number of halogens is 3. The number of rotatable bonds is 3. The van der Waals surface area contributed by atoms with Gasteiger partial charge >= 0.3 is 12.5 Å². The van der Waals surface area contributed by atoms with Crippen LogP contribution >= 0.6 is 0 Å². The molecule has 0 saturated carbocycles. The van der Waals surface area contributed by atoms with Crippen molar-refractivity contribution in [1.29, 1.82) is 0 Å². The summed E-state index contributed by atoms with van der Waals surface area (Å²) in [5, 5.41) is 0. The van der Waals surface area contributed by atoms with E-state index in [9.17, 15) is 18.0 Å². The minimum absolute atomic E-state index is 0.135. The van der Waals surface area contributed by atoms with Crippen LogP contribution in [0.1, 0.15) is 25.0 Å². The molecule has 0 unspecified atom stereocenters. The predicted molar refractivity (Wildman–Crippen MR) is 68.8 cm³/mol. The minimum Gasteiger partial charge on any atom is -0.444 e. The Morgan fingerprint density at radius 1 is 1.33 bits per heavy atom. The molecule has 1 amide bonds. The zero-order valence-corrected chi connectivity index (χ0v) is 11.9. The lowest BCUT2D eigenvalue weighted by molar-refractivity contribution is -0.274. The molecule has 2 atom stereocenters. The average Bonchev–Trinajstić information content (AvgIpc) is 2.58. The van der Waals surface area contributed by atoms with Gasteiger partial charge in [-0.15, -0.1) is 13.2 Å². The van der Waals surface area contributed by atoms with Crippen molar-refractivity contribution in [3.63, 3.8) is 0 Å². The highest BCUT2D eigenvalue weighted by Crippen LogP contribution is 2.27. The van der Waals surface area contributed by atoms with Crippen LogP contribution in [0.2, 0.25) is 0 Å². The summed E-state index contributed by atoms with van der Waals surface area (Å²) in [5.41, 5.74) is 1.37. The zero-order valence-electron chi connectivity index (χ0n) is 11.9. The van der Waals surface area contributed by atoms with E-state index in [1.807, 2.05) is 6.92 Å². The number of benzene rings is 1. The summed E-state index contributed by atoms with van der Waals surface area (Å²) in [6.07, 6.45) is -5.44. The lowest BCUT2D eigenvalue weighted by Gasteiger charge is -2.21. The summed E-state index contributed by atoms with van der Waals surface area (Å²) >= 11 is 0. The molecule has 0 spiro atoms. The smallest absolute Gasteiger partial charge is 0.444 e. The minimum atomic E-state index is -4.74. The van der Waals surface area contributed by atoms with Crippen LogP contribution in [-0.4, -0.2) is 29.5 Å². The fraction of sp³-hybridized carbons (Fsp3) is 0.500. The fourth-order valence-electron chi connectivity index (χ4n) is 2.15. The number of alkyl halides is 3. The average molecular weight is 303 g/mol. The van der Waals surface area contributed by atoms with Crippen molar-refractivity contribution in [2.24, 2.45) is 0 Å². The lowest BCUT2D eigenvalue weighted by Crippen LogP contribution is -2.32. The van der Waals surface area contributed by atoms with Gasteiger partial charge in [-0.3, -0.25) is 4.90 Å². The Labute approximate surface area is 120 Å². The second-order valence-electron chi connectivity index (χ2n) is 5.09. The van der Waals surface area contributed by atoms with Crippen molar-refractivity contribution >= 4 is 6.09 Å². The molecule has 1 fully saturated rings. The zero-order chi connectivity index (χ0) is 15.8. The molecule has 7 heteroatoms. The number of ether oxygens (including phenoxy) is 2. The quantitative estimate of drug-likeness (QED) is 0.856. The molecule has 0 aliphatic carbocycles. The van der Waals surface area contributed by atoms with Gasteiger partial charge in [0.15, 0.2) is 0 Å². The SMILES string of the molecule is Cc1ccc(OC(F)(F)F)cc1CN1C(=O)O[C@H](C)[C@@H]1C. The first kappa shape index (κ1) is 15.5. The van der Waals surface area contributed by atoms with Gasteiger partial charge < -0.3 is 9.47 Å². The molecule has 116 valence electrons. The van der Waals surface area contributed by atoms with Gasteiger partial charge in [0.05, 0.1) is 6.04 Å². The molecule has 21 heavy (non-hydrogen) atoms. The number of nitrogens with zero attached hydrogens (tertiary/aromatic N) is 1. The third kappa shape index (κ3) is 3.59. The summed E-state index contributed by atoms with van der Waals surface area (Å²) < 4.78 is 45.7. The molecular formula is C14H16F3NO3. The van der Waals surface area contributed by atoms with Crippen LogP contribution < -0.4 is 4.74 Å². The largest absolute Gasteiger partial charge is 0.573 e. The van der Waals surface area contributed by atoms with Crippen LogP contribution in [0.4, 0.5) is 18.0 Å². The van der Waals surface area contributed by atoms with Gasteiger partial charge in [0, 0.05) is 6.54 Å². The van der Waals surface area contributed by atoms with Gasteiger partial charge in [-0.2, -0.15) is 0 Å². The first-order valence-electron chi connectivity index (χ1n) is 6.50. The molecule has 1 aliphatic heterocycles. The van der Waals surface area contributed by atoms with Crippen molar-refractivity contribution in [2.75, 3.05) is 0 Å². The van der Waals surface area contributed by atoms with E-state index in [1.54, 1.807) is 13.8 Å². The number of carbonyl (C=O) groups excluding carboxylic acids is 1. The third-order valence-electron chi connectivity index (χ3n) is 3.59. The van der Waals surface area contributed by atoms with E-state index in [0.29, 0.717) is 5.56 Å². The van der Waals surface area contributed by atoms with E-state index in [0.717, 1.165) is 5.56 Å². The first-order valence-corrected chi connectivity index (χ1v) is 6.50. The molecule has 1 aromatic carbocycles. The van der Waals surface area contributed by atoms with E-state index < -0.39 is 12.5 Å². The third-order valence-corrected chi connectivity index (χ3v) is 3.59. The normalized spacial score (nSPS) is 22.4. The summed E-state index contributed by atoms with van der Waals surface area (Å²) in [5.74, 6) is -0.295. The maximum atomic E-state index is 12.2. The first-order chi connectivity index (χ1) is 9.67. The Morgan fingerprint density at radius 3 is 2.52 bits per heavy atom. The summed E-state index contributed by atoms with van der Waals surface area (Å²) in [7, 11) is 0. The van der Waals surface area contributed by atoms with E-state index in [1.165, 1.54) is 23.1 Å². The van der Waals surface area contributed by atoms with Crippen molar-refractivity contribution in [2.45, 2.75) is 45.8 Å². The molecule has 1 aliphatic rings. The monoisotopic (exact) mass is 303 g/mol. The summed E-state index contributed by atoms with van der Waals surface area (Å²) in [6, 6.07) is 3.95. The van der Waals surface area contributed by atoms with Gasteiger partial charge in [-0.1, -0.05) is 6.07 Å². The molecule has 0 N–H and O–H groups in total.